The lowest BCUT2D eigenvalue weighted by atomic mass is 10.2. The Morgan fingerprint density at radius 1 is 1.31 bits per heavy atom. The smallest absolute Gasteiger partial charge is 0.303 e. The topological polar surface area (TPSA) is 90.2 Å². The Labute approximate surface area is 92.3 Å². The molecule has 0 fully saturated rings. The maximum atomic E-state index is 11.3. The van der Waals surface area contributed by atoms with Crippen LogP contribution in [-0.2, 0) is 9.59 Å². The third-order valence-electron chi connectivity index (χ3n) is 1.89. The Bertz CT molecular complexity index is 449. The molecule has 2 N–H and O–H groups in total. The number of anilines is 1. The molecule has 5 heteroatoms. The van der Waals surface area contributed by atoms with Gasteiger partial charge in [-0.3, -0.25) is 9.59 Å². The quantitative estimate of drug-likeness (QED) is 0.798. The van der Waals surface area contributed by atoms with Crippen LogP contribution in [0.2, 0.25) is 0 Å². The molecule has 5 nitrogen and oxygen atoms in total. The van der Waals surface area contributed by atoms with Gasteiger partial charge in [0.2, 0.25) is 5.91 Å². The maximum absolute atomic E-state index is 11.3. The summed E-state index contributed by atoms with van der Waals surface area (Å²) in [5.41, 5.74) is 0.756. The van der Waals surface area contributed by atoms with Crippen LogP contribution in [0.15, 0.2) is 24.3 Å². The van der Waals surface area contributed by atoms with Crippen molar-refractivity contribution in [3.8, 4) is 6.07 Å². The molecule has 0 aliphatic carbocycles. The third-order valence-corrected chi connectivity index (χ3v) is 1.89. The highest BCUT2D eigenvalue weighted by molar-refractivity contribution is 5.93. The van der Waals surface area contributed by atoms with Gasteiger partial charge in [0.25, 0.3) is 0 Å². The van der Waals surface area contributed by atoms with Crippen LogP contribution in [0.4, 0.5) is 5.69 Å². The van der Waals surface area contributed by atoms with Crippen molar-refractivity contribution in [1.82, 2.24) is 0 Å². The Balaban J connectivity index is 2.63. The molecule has 0 aliphatic rings. The standard InChI is InChI=1S/C11H10N2O3/c12-7-8-3-1-2-4-9(8)13-10(14)5-6-11(15)16/h1-4H,5-6H2,(H,13,14)(H,15,16). The molecule has 1 amide bonds. The van der Waals surface area contributed by atoms with E-state index in [4.69, 9.17) is 10.4 Å². The number of carboxylic acids is 1. The molecule has 0 saturated heterocycles. The van der Waals surface area contributed by atoms with E-state index in [1.54, 1.807) is 24.3 Å². The first kappa shape index (κ1) is 11.7. The van der Waals surface area contributed by atoms with Crippen LogP contribution in [0, 0.1) is 11.3 Å². The molecule has 0 bridgehead atoms. The van der Waals surface area contributed by atoms with Crippen LogP contribution in [0.1, 0.15) is 18.4 Å². The van der Waals surface area contributed by atoms with Crippen molar-refractivity contribution in [2.24, 2.45) is 0 Å². The molecular formula is C11H10N2O3. The number of rotatable bonds is 4. The average Bonchev–Trinajstić information content (AvgIpc) is 2.27. The van der Waals surface area contributed by atoms with Crippen LogP contribution in [0.3, 0.4) is 0 Å². The highest BCUT2D eigenvalue weighted by Crippen LogP contribution is 2.13. The third kappa shape index (κ3) is 3.42. The molecule has 1 aromatic carbocycles. The molecule has 1 aromatic rings. The zero-order valence-electron chi connectivity index (χ0n) is 8.43. The van der Waals surface area contributed by atoms with Gasteiger partial charge in [-0.1, -0.05) is 12.1 Å². The number of hydrogen-bond donors (Lipinski definition) is 2. The molecule has 0 radical (unpaired) electrons. The van der Waals surface area contributed by atoms with Crippen molar-refractivity contribution >= 4 is 17.6 Å². The first-order valence-electron chi connectivity index (χ1n) is 4.64. The number of para-hydroxylation sites is 1. The molecular weight excluding hydrogens is 208 g/mol. The number of nitrogens with zero attached hydrogens (tertiary/aromatic N) is 1. The summed E-state index contributed by atoms with van der Waals surface area (Å²) >= 11 is 0. The molecule has 16 heavy (non-hydrogen) atoms. The Morgan fingerprint density at radius 2 is 2.00 bits per heavy atom. The zero-order valence-corrected chi connectivity index (χ0v) is 8.43. The molecule has 0 atom stereocenters. The lowest BCUT2D eigenvalue weighted by molar-refractivity contribution is -0.138. The number of carbonyl (C=O) groups excluding carboxylic acids is 1. The molecule has 0 heterocycles. The van der Waals surface area contributed by atoms with Gasteiger partial charge in [-0.15, -0.1) is 0 Å². The van der Waals surface area contributed by atoms with Crippen LogP contribution in [0.25, 0.3) is 0 Å². The van der Waals surface area contributed by atoms with Crippen molar-refractivity contribution in [1.29, 1.82) is 5.26 Å². The summed E-state index contributed by atoms with van der Waals surface area (Å²) in [6, 6.07) is 8.48. The summed E-state index contributed by atoms with van der Waals surface area (Å²) in [4.78, 5) is 21.5. The highest BCUT2D eigenvalue weighted by atomic mass is 16.4. The van der Waals surface area contributed by atoms with Crippen LogP contribution in [0.5, 0.6) is 0 Å². The summed E-state index contributed by atoms with van der Waals surface area (Å²) in [6.45, 7) is 0. The van der Waals surface area contributed by atoms with E-state index in [9.17, 15) is 9.59 Å². The Morgan fingerprint density at radius 3 is 2.62 bits per heavy atom. The van der Waals surface area contributed by atoms with Gasteiger partial charge in [0.15, 0.2) is 0 Å². The predicted octanol–water partition coefficient (Wildman–Crippen LogP) is 1.36. The Kier molecular flexibility index (Phi) is 4.04. The number of aliphatic carboxylic acids is 1. The van der Waals surface area contributed by atoms with Gasteiger partial charge in [0, 0.05) is 6.42 Å². The van der Waals surface area contributed by atoms with Gasteiger partial charge in [0.1, 0.15) is 6.07 Å². The second kappa shape index (κ2) is 5.51. The first-order chi connectivity index (χ1) is 7.63. The molecule has 0 aliphatic heterocycles. The van der Waals surface area contributed by atoms with E-state index in [1.807, 2.05) is 6.07 Å². The maximum Gasteiger partial charge on any atom is 0.303 e. The van der Waals surface area contributed by atoms with E-state index >= 15 is 0 Å². The van der Waals surface area contributed by atoms with E-state index in [1.165, 1.54) is 0 Å². The monoisotopic (exact) mass is 218 g/mol. The van der Waals surface area contributed by atoms with Crippen LogP contribution in [-0.4, -0.2) is 17.0 Å². The van der Waals surface area contributed by atoms with Crippen molar-refractivity contribution in [2.45, 2.75) is 12.8 Å². The van der Waals surface area contributed by atoms with Crippen LogP contribution < -0.4 is 5.32 Å². The summed E-state index contributed by atoms with van der Waals surface area (Å²) < 4.78 is 0. The number of carbonyl (C=O) groups is 2. The Hall–Kier alpha value is -2.35. The minimum absolute atomic E-state index is 0.102. The van der Waals surface area contributed by atoms with E-state index in [-0.39, 0.29) is 12.8 Å². The minimum atomic E-state index is -1.02. The van der Waals surface area contributed by atoms with Gasteiger partial charge in [-0.2, -0.15) is 5.26 Å². The fourth-order valence-electron chi connectivity index (χ4n) is 1.12. The van der Waals surface area contributed by atoms with Crippen molar-refractivity contribution in [3.63, 3.8) is 0 Å². The summed E-state index contributed by atoms with van der Waals surface area (Å²) in [5.74, 6) is -1.44. The summed E-state index contributed by atoms with van der Waals surface area (Å²) in [7, 11) is 0. The van der Waals surface area contributed by atoms with Gasteiger partial charge >= 0.3 is 5.97 Å². The first-order valence-corrected chi connectivity index (χ1v) is 4.64. The number of benzene rings is 1. The number of nitriles is 1. The molecule has 0 spiro atoms. The molecule has 1 rings (SSSR count). The minimum Gasteiger partial charge on any atom is -0.481 e. The van der Waals surface area contributed by atoms with Gasteiger partial charge in [-0.25, -0.2) is 0 Å². The van der Waals surface area contributed by atoms with Gasteiger partial charge in [-0.05, 0) is 12.1 Å². The van der Waals surface area contributed by atoms with Crippen LogP contribution >= 0.6 is 0 Å². The number of hydrogen-bond acceptors (Lipinski definition) is 3. The second-order valence-electron chi connectivity index (χ2n) is 3.10. The molecule has 82 valence electrons. The SMILES string of the molecule is N#Cc1ccccc1NC(=O)CCC(=O)O. The molecule has 0 unspecified atom stereocenters. The fraction of sp³-hybridized carbons (Fsp3) is 0.182. The number of nitrogens with one attached hydrogen (secondary N) is 1. The van der Waals surface area contributed by atoms with Crippen molar-refractivity contribution in [3.05, 3.63) is 29.8 Å². The van der Waals surface area contributed by atoms with E-state index in [2.05, 4.69) is 5.32 Å². The summed E-state index contributed by atoms with van der Waals surface area (Å²) in [6.07, 6.45) is -0.324. The second-order valence-corrected chi connectivity index (χ2v) is 3.10. The summed E-state index contributed by atoms with van der Waals surface area (Å²) in [5, 5.41) is 19.6. The number of amides is 1. The lowest BCUT2D eigenvalue weighted by Crippen LogP contribution is -2.13. The van der Waals surface area contributed by atoms with Crippen molar-refractivity contribution in [2.75, 3.05) is 5.32 Å². The number of carboxylic acid groups (broad SMARTS) is 1. The molecule has 0 aromatic heterocycles. The van der Waals surface area contributed by atoms with Crippen molar-refractivity contribution < 1.29 is 14.7 Å². The zero-order chi connectivity index (χ0) is 12.0. The highest BCUT2D eigenvalue weighted by Gasteiger charge is 2.07. The predicted molar refractivity (Wildman–Crippen MR) is 56.7 cm³/mol. The van der Waals surface area contributed by atoms with E-state index in [0.717, 1.165) is 0 Å². The van der Waals surface area contributed by atoms with Gasteiger partial charge < -0.3 is 10.4 Å². The average molecular weight is 218 g/mol. The van der Waals surface area contributed by atoms with E-state index in [0.29, 0.717) is 11.3 Å². The molecule has 0 saturated carbocycles. The fourth-order valence-corrected chi connectivity index (χ4v) is 1.12. The van der Waals surface area contributed by atoms with Gasteiger partial charge in [0.05, 0.1) is 17.7 Å². The van der Waals surface area contributed by atoms with E-state index < -0.39 is 11.9 Å². The largest absolute Gasteiger partial charge is 0.481 e. The normalized spacial score (nSPS) is 9.19. The lowest BCUT2D eigenvalue weighted by Gasteiger charge is -2.05.